The predicted octanol–water partition coefficient (Wildman–Crippen LogP) is 0.560. The average molecular weight is 342 g/mol. The number of sulfone groups is 1. The van der Waals surface area contributed by atoms with Gasteiger partial charge >= 0.3 is 0 Å². The van der Waals surface area contributed by atoms with Crippen molar-refractivity contribution in [1.29, 1.82) is 0 Å². The Hall–Kier alpha value is -0.140. The van der Waals surface area contributed by atoms with Crippen molar-refractivity contribution in [2.75, 3.05) is 30.0 Å². The molecule has 1 unspecified atom stereocenters. The molecule has 0 spiro atoms. The van der Waals surface area contributed by atoms with Crippen LogP contribution in [0, 0.1) is 0 Å². The van der Waals surface area contributed by atoms with Gasteiger partial charge in [-0.15, -0.1) is 0 Å². The van der Waals surface area contributed by atoms with Gasteiger partial charge < -0.3 is 10.0 Å². The number of halogens is 1. The highest BCUT2D eigenvalue weighted by molar-refractivity contribution is 9.09. The van der Waals surface area contributed by atoms with Gasteiger partial charge in [0.1, 0.15) is 0 Å². The third-order valence-corrected chi connectivity index (χ3v) is 5.40. The van der Waals surface area contributed by atoms with Crippen LogP contribution in [0.1, 0.15) is 25.7 Å². The van der Waals surface area contributed by atoms with E-state index in [1.54, 1.807) is 4.90 Å². The van der Waals surface area contributed by atoms with Gasteiger partial charge in [-0.2, -0.15) is 0 Å². The molecule has 0 aromatic heterocycles. The summed E-state index contributed by atoms with van der Waals surface area (Å²) in [6.45, 7) is 0.105. The molecule has 1 aliphatic rings. The molecule has 0 radical (unpaired) electrons. The third kappa shape index (κ3) is 4.85. The lowest BCUT2D eigenvalue weighted by atomic mass is 10.1. The summed E-state index contributed by atoms with van der Waals surface area (Å²) in [6, 6.07) is -0.251. The minimum Gasteiger partial charge on any atom is -0.395 e. The van der Waals surface area contributed by atoms with Gasteiger partial charge in [0.15, 0.2) is 9.84 Å². The van der Waals surface area contributed by atoms with Crippen LogP contribution in [0.4, 0.5) is 0 Å². The second-order valence-corrected chi connectivity index (χ2v) is 7.54. The number of hydrogen-bond acceptors (Lipinski definition) is 4. The average Bonchev–Trinajstić information content (AvgIpc) is 2.66. The zero-order valence-electron chi connectivity index (χ0n) is 10.3. The summed E-state index contributed by atoms with van der Waals surface area (Å²) in [5.41, 5.74) is 0. The molecule has 1 N–H and O–H groups in total. The van der Waals surface area contributed by atoms with Gasteiger partial charge in [0.25, 0.3) is 0 Å². The first-order chi connectivity index (χ1) is 8.50. The second kappa shape index (κ2) is 7.45. The number of aliphatic hydroxyl groups is 1. The Morgan fingerprint density at radius 2 is 2.11 bits per heavy atom. The van der Waals surface area contributed by atoms with Gasteiger partial charge in [-0.3, -0.25) is 4.79 Å². The highest BCUT2D eigenvalue weighted by Crippen LogP contribution is 2.19. The smallest absolute Gasteiger partial charge is 0.222 e. The molecular weight excluding hydrogens is 322 g/mol. The molecule has 5 nitrogen and oxygen atoms in total. The van der Waals surface area contributed by atoms with Crippen LogP contribution < -0.4 is 0 Å². The summed E-state index contributed by atoms with van der Waals surface area (Å²) < 4.78 is 22.9. The van der Waals surface area contributed by atoms with Crippen molar-refractivity contribution >= 4 is 31.7 Å². The Kier molecular flexibility index (Phi) is 6.59. The zero-order valence-corrected chi connectivity index (χ0v) is 12.7. The highest BCUT2D eigenvalue weighted by Gasteiger charge is 2.33. The van der Waals surface area contributed by atoms with Crippen LogP contribution in [-0.4, -0.2) is 60.4 Å². The van der Waals surface area contributed by atoms with Crippen molar-refractivity contribution < 1.29 is 18.3 Å². The van der Waals surface area contributed by atoms with Gasteiger partial charge in [0, 0.05) is 24.3 Å². The summed E-state index contributed by atoms with van der Waals surface area (Å²) in [7, 11) is -3.00. The van der Waals surface area contributed by atoms with E-state index in [1.807, 2.05) is 0 Å². The Morgan fingerprint density at radius 3 is 2.61 bits per heavy atom. The van der Waals surface area contributed by atoms with Crippen LogP contribution in [0.2, 0.25) is 0 Å². The Balaban J connectivity index is 2.56. The van der Waals surface area contributed by atoms with E-state index < -0.39 is 9.84 Å². The van der Waals surface area contributed by atoms with Crippen molar-refractivity contribution in [1.82, 2.24) is 4.90 Å². The largest absolute Gasteiger partial charge is 0.395 e. The number of carbonyl (C=O) groups excluding carboxylic acids is 1. The minimum atomic E-state index is -3.00. The molecule has 1 saturated heterocycles. The van der Waals surface area contributed by atoms with E-state index in [0.717, 1.165) is 18.2 Å². The van der Waals surface area contributed by atoms with Crippen molar-refractivity contribution in [3.8, 4) is 0 Å². The summed E-state index contributed by atoms with van der Waals surface area (Å²) in [4.78, 5) is 13.6. The fourth-order valence-corrected chi connectivity index (χ4v) is 4.28. The van der Waals surface area contributed by atoms with Gasteiger partial charge in [0.05, 0.1) is 18.1 Å². The fraction of sp³-hybridized carbons (Fsp3) is 0.909. The lowest BCUT2D eigenvalue weighted by molar-refractivity contribution is -0.133. The van der Waals surface area contributed by atoms with E-state index in [2.05, 4.69) is 15.9 Å². The first kappa shape index (κ1) is 15.9. The summed E-state index contributed by atoms with van der Waals surface area (Å²) in [6.07, 6.45) is 2.61. The van der Waals surface area contributed by atoms with Gasteiger partial charge in [-0.25, -0.2) is 8.42 Å². The van der Waals surface area contributed by atoms with Crippen LogP contribution in [0.5, 0.6) is 0 Å². The summed E-state index contributed by atoms with van der Waals surface area (Å²) in [5, 5.41) is 9.86. The van der Waals surface area contributed by atoms with E-state index in [0.29, 0.717) is 12.8 Å². The maximum absolute atomic E-state index is 12.0. The molecule has 7 heteroatoms. The molecule has 0 bridgehead atoms. The molecule has 0 aliphatic carbocycles. The maximum atomic E-state index is 12.0. The number of amides is 1. The molecule has 18 heavy (non-hydrogen) atoms. The normalized spacial score (nSPS) is 22.0. The minimum absolute atomic E-state index is 0.0389. The number of alkyl halides is 1. The summed E-state index contributed by atoms with van der Waals surface area (Å²) in [5.74, 6) is 0.137. The molecule has 1 rings (SSSR count). The number of unbranched alkanes of at least 4 members (excludes halogenated alkanes) is 1. The molecule has 0 aromatic rings. The topological polar surface area (TPSA) is 74.7 Å². The quantitative estimate of drug-likeness (QED) is 0.542. The van der Waals surface area contributed by atoms with Crippen LogP contribution >= 0.6 is 15.9 Å². The molecular formula is C11H20BrNO4S. The lowest BCUT2D eigenvalue weighted by Crippen LogP contribution is -2.42. The summed E-state index contributed by atoms with van der Waals surface area (Å²) >= 11 is 3.30. The van der Waals surface area contributed by atoms with Crippen LogP contribution in [-0.2, 0) is 14.6 Å². The molecule has 0 aromatic carbocycles. The monoisotopic (exact) mass is 341 g/mol. The van der Waals surface area contributed by atoms with Crippen LogP contribution in [0.25, 0.3) is 0 Å². The van der Waals surface area contributed by atoms with Gasteiger partial charge in [0.2, 0.25) is 5.91 Å². The van der Waals surface area contributed by atoms with Crippen molar-refractivity contribution in [2.24, 2.45) is 0 Å². The number of hydrogen-bond donors (Lipinski definition) is 1. The molecule has 1 atom stereocenters. The zero-order chi connectivity index (χ0) is 13.6. The van der Waals surface area contributed by atoms with Crippen LogP contribution in [0.15, 0.2) is 0 Å². The molecule has 1 fully saturated rings. The molecule has 1 aliphatic heterocycles. The van der Waals surface area contributed by atoms with E-state index in [1.165, 1.54) is 0 Å². The number of rotatable bonds is 7. The molecule has 1 amide bonds. The molecule has 106 valence electrons. The number of aliphatic hydroxyl groups excluding tert-OH is 1. The first-order valence-corrected chi connectivity index (χ1v) is 9.11. The Labute approximate surface area is 117 Å². The van der Waals surface area contributed by atoms with E-state index in [9.17, 15) is 13.2 Å². The molecule has 1 heterocycles. The first-order valence-electron chi connectivity index (χ1n) is 6.17. The number of carbonyl (C=O) groups is 1. The standard InChI is InChI=1S/C11H20BrNO4S/c12-5-2-1-3-11(15)13(6-7-14)10-4-8-18(16,17)9-10/h10,14H,1-9H2. The van der Waals surface area contributed by atoms with E-state index in [-0.39, 0.29) is 36.6 Å². The van der Waals surface area contributed by atoms with Crippen molar-refractivity contribution in [3.63, 3.8) is 0 Å². The second-order valence-electron chi connectivity index (χ2n) is 4.51. The Bertz CT molecular complexity index is 371. The number of nitrogens with zero attached hydrogens (tertiary/aromatic N) is 1. The maximum Gasteiger partial charge on any atom is 0.222 e. The van der Waals surface area contributed by atoms with Crippen molar-refractivity contribution in [3.05, 3.63) is 0 Å². The van der Waals surface area contributed by atoms with E-state index >= 15 is 0 Å². The van der Waals surface area contributed by atoms with Crippen LogP contribution in [0.3, 0.4) is 0 Å². The highest BCUT2D eigenvalue weighted by atomic mass is 79.9. The fourth-order valence-electron chi connectivity index (χ4n) is 2.15. The molecule has 0 saturated carbocycles. The van der Waals surface area contributed by atoms with Gasteiger partial charge in [-0.05, 0) is 19.3 Å². The third-order valence-electron chi connectivity index (χ3n) is 3.08. The van der Waals surface area contributed by atoms with E-state index in [4.69, 9.17) is 5.11 Å². The Morgan fingerprint density at radius 1 is 1.39 bits per heavy atom. The SMILES string of the molecule is O=C(CCCCBr)N(CCO)C1CCS(=O)(=O)C1. The predicted molar refractivity (Wildman–Crippen MR) is 73.5 cm³/mol. The van der Waals surface area contributed by atoms with Crippen molar-refractivity contribution in [2.45, 2.75) is 31.7 Å². The van der Waals surface area contributed by atoms with Gasteiger partial charge in [-0.1, -0.05) is 15.9 Å². The lowest BCUT2D eigenvalue weighted by Gasteiger charge is -2.27.